The highest BCUT2D eigenvalue weighted by Gasteiger charge is 2.49. The van der Waals surface area contributed by atoms with Gasteiger partial charge in [-0.05, 0) is 32.0 Å². The van der Waals surface area contributed by atoms with Crippen molar-refractivity contribution in [3.8, 4) is 5.88 Å². The lowest BCUT2D eigenvalue weighted by Gasteiger charge is -2.38. The minimum absolute atomic E-state index is 0.000147. The smallest absolute Gasteiger partial charge is 0.275 e. The fourth-order valence-corrected chi connectivity index (χ4v) is 3.29. The molecule has 3 N–H and O–H groups in total. The van der Waals surface area contributed by atoms with Gasteiger partial charge in [0, 0.05) is 23.0 Å². The highest BCUT2D eigenvalue weighted by Crippen LogP contribution is 2.42. The third-order valence-corrected chi connectivity index (χ3v) is 5.10. The van der Waals surface area contributed by atoms with Crippen molar-refractivity contribution in [3.63, 3.8) is 0 Å². The number of hydrogen-bond donors (Lipinski definition) is 2. The van der Waals surface area contributed by atoms with Gasteiger partial charge in [0.1, 0.15) is 52.6 Å². The Bertz CT molecular complexity index is 1060. The van der Waals surface area contributed by atoms with Crippen molar-refractivity contribution >= 4 is 41.0 Å². The largest absolute Gasteiger partial charge is 0.498 e. The summed E-state index contributed by atoms with van der Waals surface area (Å²) in [4.78, 5) is 24.6. The van der Waals surface area contributed by atoms with Crippen LogP contribution in [0.25, 0.3) is 0 Å². The molecule has 1 aliphatic heterocycles. The van der Waals surface area contributed by atoms with Gasteiger partial charge in [-0.25, -0.2) is 23.1 Å². The first-order chi connectivity index (χ1) is 14.7. The fraction of sp³-hybridized carbons (Fsp3) is 0.368. The van der Waals surface area contributed by atoms with Crippen LogP contribution in [-0.4, -0.2) is 62.4 Å². The van der Waals surface area contributed by atoms with Crippen LogP contribution >= 0.6 is 0 Å². The number of carbonyl (C=O) groups is 1. The van der Waals surface area contributed by atoms with Gasteiger partial charge in [-0.1, -0.05) is 0 Å². The molecule has 1 aromatic carbocycles. The zero-order valence-electron chi connectivity index (χ0n) is 18.5. The second-order valence-corrected chi connectivity index (χ2v) is 9.12. The van der Waals surface area contributed by atoms with Crippen LogP contribution in [0.5, 0.6) is 5.88 Å². The number of benzene rings is 1. The molecule has 1 amide bonds. The summed E-state index contributed by atoms with van der Waals surface area (Å²) in [5.74, 6) is -1.51. The molecule has 2 heterocycles. The van der Waals surface area contributed by atoms with Gasteiger partial charge in [0.2, 0.25) is 5.88 Å². The second-order valence-electron chi connectivity index (χ2n) is 9.12. The van der Waals surface area contributed by atoms with Gasteiger partial charge in [-0.15, -0.1) is 0 Å². The number of carbonyl (C=O) groups excluding carboxylic acids is 1. The van der Waals surface area contributed by atoms with Crippen LogP contribution in [-0.2, 0) is 5.54 Å². The van der Waals surface area contributed by atoms with Crippen molar-refractivity contribution in [1.82, 2.24) is 9.97 Å². The summed E-state index contributed by atoms with van der Waals surface area (Å²) in [6.07, 6.45) is 0.173. The molecule has 0 aliphatic carbocycles. The van der Waals surface area contributed by atoms with E-state index in [1.807, 2.05) is 23.5 Å². The average Bonchev–Trinajstić information content (AvgIpc) is 2.67. The van der Waals surface area contributed by atoms with Crippen molar-refractivity contribution < 1.29 is 22.7 Å². The molecule has 7 nitrogen and oxygen atoms in total. The zero-order valence-corrected chi connectivity index (χ0v) is 18.5. The van der Waals surface area contributed by atoms with E-state index in [4.69, 9.17) is 10.5 Å². The summed E-state index contributed by atoms with van der Waals surface area (Å²) < 4.78 is 49.4. The number of amidine groups is 1. The Kier molecular flexibility index (Phi) is 6.05. The number of aliphatic imine (C=N–C) groups is 1. The molecule has 166 valence electrons. The Labute approximate surface area is 186 Å². The minimum atomic E-state index is -2.12. The summed E-state index contributed by atoms with van der Waals surface area (Å²) in [5.41, 5.74) is 1.84. The number of halogens is 3. The van der Waals surface area contributed by atoms with Gasteiger partial charge in [0.15, 0.2) is 5.67 Å². The molecule has 0 unspecified atom stereocenters. The topological polar surface area (TPSA) is 102 Å². The minimum Gasteiger partial charge on any atom is -0.498 e. The number of nitrogens with zero attached hydrogens (tertiary/aromatic N) is 3. The SMILES string of the molecule is BC(B)(B)Oc1cnc(C(=O)Nc2ccc(F)c([C@@]3(C)N=C(N)[C@@](C)(F)C[C@@H]3F)c2)cn1. The Morgan fingerprint density at radius 2 is 1.97 bits per heavy atom. The maximum atomic E-state index is 14.9. The lowest BCUT2D eigenvalue weighted by molar-refractivity contribution is 0.102. The van der Waals surface area contributed by atoms with E-state index in [9.17, 15) is 18.0 Å². The van der Waals surface area contributed by atoms with Crippen LogP contribution < -0.4 is 15.8 Å². The maximum Gasteiger partial charge on any atom is 0.275 e. The third-order valence-electron chi connectivity index (χ3n) is 5.10. The standard InChI is InChI=1S/C19H23B3F3N5O2/c1-17(25)6-13(24)18(2,30-16(17)26)10-5-9(3-4-11(10)23)29-15(31)12-7-28-14(8-27-12)32-19(20,21)22/h3-5,7-8,13H,6,20-22H2,1-2H3,(H2,26,30)(H,29,31)/t13-,17-,18+/m0/s1. The van der Waals surface area contributed by atoms with E-state index in [-0.39, 0.29) is 22.8 Å². The van der Waals surface area contributed by atoms with Crippen LogP contribution in [0.15, 0.2) is 35.6 Å². The van der Waals surface area contributed by atoms with Crippen molar-refractivity contribution in [3.05, 3.63) is 47.7 Å². The van der Waals surface area contributed by atoms with Crippen molar-refractivity contribution in [1.29, 1.82) is 0 Å². The molecule has 0 radical (unpaired) electrons. The van der Waals surface area contributed by atoms with Gasteiger partial charge in [-0.3, -0.25) is 9.79 Å². The highest BCUT2D eigenvalue weighted by molar-refractivity contribution is 6.58. The summed E-state index contributed by atoms with van der Waals surface area (Å²) in [6, 6.07) is 3.64. The normalized spacial score (nSPS) is 25.7. The molecule has 1 aromatic heterocycles. The molecule has 3 atom stereocenters. The number of alkyl halides is 2. The van der Waals surface area contributed by atoms with Crippen LogP contribution in [0.2, 0.25) is 0 Å². The molecular weight excluding hydrogens is 420 g/mol. The van der Waals surface area contributed by atoms with E-state index >= 15 is 0 Å². The fourth-order valence-electron chi connectivity index (χ4n) is 3.29. The monoisotopic (exact) mass is 443 g/mol. The van der Waals surface area contributed by atoms with Crippen molar-refractivity contribution in [2.75, 3.05) is 5.32 Å². The quantitative estimate of drug-likeness (QED) is 0.624. The molecule has 1 aliphatic rings. The first kappa shape index (κ1) is 23.7. The van der Waals surface area contributed by atoms with E-state index in [2.05, 4.69) is 20.3 Å². The Morgan fingerprint density at radius 1 is 1.28 bits per heavy atom. The van der Waals surface area contributed by atoms with E-state index in [0.29, 0.717) is 0 Å². The average molecular weight is 443 g/mol. The molecular formula is C19H23B3F3N5O2. The summed E-state index contributed by atoms with van der Waals surface area (Å²) in [5, 5.41) is 2.09. The van der Waals surface area contributed by atoms with E-state index in [1.54, 1.807) is 0 Å². The molecule has 13 heteroatoms. The molecule has 3 rings (SSSR count). The van der Waals surface area contributed by atoms with E-state index in [0.717, 1.165) is 13.0 Å². The molecule has 32 heavy (non-hydrogen) atoms. The molecule has 2 aromatic rings. The Balaban J connectivity index is 1.85. The van der Waals surface area contributed by atoms with Crippen LogP contribution in [0, 0.1) is 5.82 Å². The van der Waals surface area contributed by atoms with Crippen LogP contribution in [0.4, 0.5) is 18.9 Å². The molecule has 0 spiro atoms. The van der Waals surface area contributed by atoms with Gasteiger partial charge < -0.3 is 15.8 Å². The van der Waals surface area contributed by atoms with Gasteiger partial charge in [0.05, 0.1) is 12.4 Å². The summed E-state index contributed by atoms with van der Waals surface area (Å²) >= 11 is 0. The van der Waals surface area contributed by atoms with E-state index < -0.39 is 46.7 Å². The summed E-state index contributed by atoms with van der Waals surface area (Å²) in [6.45, 7) is 2.47. The number of hydrogen-bond acceptors (Lipinski definition) is 6. The first-order valence-electron chi connectivity index (χ1n) is 10.0. The van der Waals surface area contributed by atoms with Crippen LogP contribution in [0.1, 0.15) is 36.3 Å². The van der Waals surface area contributed by atoms with Crippen LogP contribution in [0.3, 0.4) is 0 Å². The van der Waals surface area contributed by atoms with Gasteiger partial charge >= 0.3 is 0 Å². The van der Waals surface area contributed by atoms with E-state index in [1.165, 1.54) is 31.5 Å². The number of anilines is 1. The predicted molar refractivity (Wildman–Crippen MR) is 123 cm³/mol. The molecule has 0 saturated carbocycles. The molecule has 0 saturated heterocycles. The number of rotatable bonds is 5. The second kappa shape index (κ2) is 8.18. The molecule has 0 bridgehead atoms. The number of ether oxygens (including phenoxy) is 1. The zero-order chi connectivity index (χ0) is 23.9. The number of amides is 1. The van der Waals surface area contributed by atoms with Crippen molar-refractivity contribution in [2.45, 2.75) is 42.9 Å². The highest BCUT2D eigenvalue weighted by atomic mass is 19.2. The maximum absolute atomic E-state index is 14.9. The lowest BCUT2D eigenvalue weighted by Crippen LogP contribution is -2.51. The predicted octanol–water partition coefficient (Wildman–Crippen LogP) is -0.200. The summed E-state index contributed by atoms with van der Waals surface area (Å²) in [7, 11) is 5.55. The third kappa shape index (κ3) is 4.92. The number of nitrogens with one attached hydrogen (secondary N) is 1. The first-order valence-corrected chi connectivity index (χ1v) is 10.0. The lowest BCUT2D eigenvalue weighted by atomic mass is 9.52. The van der Waals surface area contributed by atoms with Gasteiger partial charge in [-0.2, -0.15) is 0 Å². The Hall–Kier alpha value is -2.98. The Morgan fingerprint density at radius 3 is 2.56 bits per heavy atom. The number of nitrogens with two attached hydrogens (primary N) is 1. The van der Waals surface area contributed by atoms with Gasteiger partial charge in [0.25, 0.3) is 5.91 Å². The van der Waals surface area contributed by atoms with Crippen molar-refractivity contribution in [2.24, 2.45) is 10.7 Å². The number of aromatic nitrogens is 2. The molecule has 0 fully saturated rings.